The van der Waals surface area contributed by atoms with Gasteiger partial charge in [-0.1, -0.05) is 18.3 Å². The van der Waals surface area contributed by atoms with Crippen LogP contribution >= 0.6 is 11.8 Å². The van der Waals surface area contributed by atoms with Crippen molar-refractivity contribution < 1.29 is 27.5 Å². The van der Waals surface area contributed by atoms with E-state index in [1.807, 2.05) is 0 Å². The lowest BCUT2D eigenvalue weighted by Gasteiger charge is -2.34. The van der Waals surface area contributed by atoms with E-state index in [9.17, 15) is 9.18 Å². The summed E-state index contributed by atoms with van der Waals surface area (Å²) >= 11 is 1.55. The zero-order chi connectivity index (χ0) is 27.9. The zero-order valence-corrected chi connectivity index (χ0v) is 22.8. The molecule has 8 nitrogen and oxygen atoms in total. The molecule has 3 aromatic rings. The largest absolute Gasteiger partial charge is 0.479 e. The van der Waals surface area contributed by atoms with Crippen LogP contribution in [0.25, 0.3) is 0 Å². The van der Waals surface area contributed by atoms with Crippen LogP contribution in [0, 0.1) is 24.5 Å². The molecular formula is C28H28F2N4O4S. The van der Waals surface area contributed by atoms with Gasteiger partial charge in [-0.3, -0.25) is 9.79 Å². The number of methoxy groups -OCH3 is 1. The van der Waals surface area contributed by atoms with Crippen molar-refractivity contribution in [2.45, 2.75) is 43.6 Å². The van der Waals surface area contributed by atoms with Crippen molar-refractivity contribution in [3.8, 4) is 5.75 Å². The molecule has 1 aromatic carbocycles. The fourth-order valence-electron chi connectivity index (χ4n) is 5.18. The van der Waals surface area contributed by atoms with Gasteiger partial charge in [0.1, 0.15) is 17.7 Å². The molecule has 1 amide bonds. The average molecular weight is 555 g/mol. The average Bonchev–Trinajstić information content (AvgIpc) is 3.35. The van der Waals surface area contributed by atoms with Crippen LogP contribution in [0.3, 0.4) is 0 Å². The van der Waals surface area contributed by atoms with Crippen LogP contribution in [-0.2, 0) is 10.3 Å². The number of fused-ring (bicyclic) bond motifs is 1. The number of carbonyl (C=O) groups excluding carboxylic acids is 1. The maximum absolute atomic E-state index is 15.3. The van der Waals surface area contributed by atoms with Gasteiger partial charge in [-0.05, 0) is 51.0 Å². The van der Waals surface area contributed by atoms with E-state index in [1.54, 1.807) is 51.8 Å². The zero-order valence-electron chi connectivity index (χ0n) is 22.0. The molecule has 3 heterocycles. The maximum atomic E-state index is 15.3. The van der Waals surface area contributed by atoms with Gasteiger partial charge < -0.3 is 19.2 Å². The molecule has 4 atom stereocenters. The van der Waals surface area contributed by atoms with Crippen molar-refractivity contribution in [3.05, 3.63) is 83.9 Å². The number of rotatable bonds is 9. The molecule has 0 bridgehead atoms. The predicted octanol–water partition coefficient (Wildman–Crippen LogP) is 6.00. The topological polar surface area (TPSA) is 98.8 Å². The summed E-state index contributed by atoms with van der Waals surface area (Å²) in [5.74, 6) is -1.89. The smallest absolute Gasteiger partial charge is 0.274 e. The van der Waals surface area contributed by atoms with Crippen LogP contribution in [0.5, 0.6) is 5.75 Å². The number of anilines is 1. The van der Waals surface area contributed by atoms with Crippen molar-refractivity contribution in [2.75, 3.05) is 19.0 Å². The number of hydrogen-bond donors (Lipinski definition) is 1. The van der Waals surface area contributed by atoms with Crippen molar-refractivity contribution in [1.29, 1.82) is 0 Å². The number of oxazole rings is 1. The van der Waals surface area contributed by atoms with Crippen LogP contribution < -0.4 is 10.1 Å². The van der Waals surface area contributed by atoms with E-state index in [2.05, 4.69) is 21.9 Å². The Kier molecular flexibility index (Phi) is 7.06. The van der Waals surface area contributed by atoms with E-state index in [1.165, 1.54) is 24.7 Å². The van der Waals surface area contributed by atoms with Gasteiger partial charge in [0.05, 0.1) is 34.3 Å². The first-order chi connectivity index (χ1) is 18.6. The van der Waals surface area contributed by atoms with Crippen LogP contribution in [0.2, 0.25) is 0 Å². The third kappa shape index (κ3) is 4.96. The lowest BCUT2D eigenvalue weighted by molar-refractivity contribution is 0.102. The highest BCUT2D eigenvalue weighted by Gasteiger charge is 2.66. The van der Waals surface area contributed by atoms with Crippen molar-refractivity contribution in [2.24, 2.45) is 10.9 Å². The molecule has 1 saturated carbocycles. The molecule has 204 valence electrons. The summed E-state index contributed by atoms with van der Waals surface area (Å²) in [5, 5.41) is 3.30. The second-order valence-corrected chi connectivity index (χ2v) is 11.3. The Hall–Kier alpha value is -3.57. The molecule has 0 radical (unpaired) electrons. The minimum absolute atomic E-state index is 0.0642. The Labute approximate surface area is 228 Å². The van der Waals surface area contributed by atoms with E-state index >= 15 is 4.39 Å². The molecule has 1 N–H and O–H groups in total. The third-order valence-corrected chi connectivity index (χ3v) is 8.57. The summed E-state index contributed by atoms with van der Waals surface area (Å²) in [4.78, 5) is 26.2. The Balaban J connectivity index is 1.40. The Morgan fingerprint density at radius 2 is 2.15 bits per heavy atom. The lowest BCUT2D eigenvalue weighted by Crippen LogP contribution is -2.35. The molecule has 1 aliphatic heterocycles. The number of aryl methyl sites for hydroxylation is 1. The third-order valence-electron chi connectivity index (χ3n) is 7.13. The number of nitrogens with zero attached hydrogens (tertiary/aromatic N) is 3. The molecule has 1 unspecified atom stereocenters. The first-order valence-electron chi connectivity index (χ1n) is 12.3. The molecule has 1 aliphatic carbocycles. The highest BCUT2D eigenvalue weighted by Crippen LogP contribution is 2.66. The van der Waals surface area contributed by atoms with Gasteiger partial charge in [-0.2, -0.15) is 0 Å². The van der Waals surface area contributed by atoms with Gasteiger partial charge >= 0.3 is 0 Å². The van der Waals surface area contributed by atoms with Crippen molar-refractivity contribution in [3.63, 3.8) is 0 Å². The van der Waals surface area contributed by atoms with Crippen molar-refractivity contribution in [1.82, 2.24) is 9.97 Å². The number of aromatic nitrogens is 2. The molecule has 0 saturated heterocycles. The van der Waals surface area contributed by atoms with E-state index < -0.39 is 29.2 Å². The lowest BCUT2D eigenvalue weighted by atomic mass is 9.85. The summed E-state index contributed by atoms with van der Waals surface area (Å²) in [6.45, 7) is 9.53. The first kappa shape index (κ1) is 27.0. The number of thioether (sulfide) groups is 1. The van der Waals surface area contributed by atoms with E-state index in [0.29, 0.717) is 28.9 Å². The highest BCUT2D eigenvalue weighted by atomic mass is 32.2. The fraction of sp³-hybridized carbons (Fsp3) is 0.357. The van der Waals surface area contributed by atoms with E-state index in [4.69, 9.17) is 18.9 Å². The Bertz CT molecular complexity index is 1460. The normalized spacial score (nSPS) is 24.4. The Morgan fingerprint density at radius 3 is 2.82 bits per heavy atom. The SMILES string of the molecule is C=CC1=N[C@](C)(c2cc(NC(=O)c3ncc(O[C@@H](C)c4ncco4)cc3C)cc(F)c2F)C2C[C@@]2(COC)S1. The molecule has 1 fully saturated rings. The van der Waals surface area contributed by atoms with Crippen molar-refractivity contribution >= 4 is 28.4 Å². The summed E-state index contributed by atoms with van der Waals surface area (Å²) < 4.78 is 46.3. The molecule has 2 aromatic heterocycles. The molecule has 2 aliphatic rings. The number of carbonyl (C=O) groups is 1. The number of amides is 1. The number of aliphatic imine (C=N–C) groups is 1. The molecule has 0 spiro atoms. The van der Waals surface area contributed by atoms with Gasteiger partial charge in [-0.25, -0.2) is 18.7 Å². The van der Waals surface area contributed by atoms with Gasteiger partial charge in [-0.15, -0.1) is 0 Å². The summed E-state index contributed by atoms with van der Waals surface area (Å²) in [6.07, 6.45) is 6.27. The van der Waals surface area contributed by atoms with Crippen LogP contribution in [0.1, 0.15) is 53.9 Å². The second kappa shape index (κ2) is 10.2. The molecule has 5 rings (SSSR count). The highest BCUT2D eigenvalue weighted by molar-refractivity contribution is 8.15. The van der Waals surface area contributed by atoms with Crippen LogP contribution in [-0.4, -0.2) is 39.4 Å². The van der Waals surface area contributed by atoms with Gasteiger partial charge in [0.2, 0.25) is 5.89 Å². The number of pyridine rings is 1. The molecule has 39 heavy (non-hydrogen) atoms. The number of nitrogens with one attached hydrogen (secondary N) is 1. The molecular weight excluding hydrogens is 526 g/mol. The number of ether oxygens (including phenoxy) is 2. The predicted molar refractivity (Wildman–Crippen MR) is 144 cm³/mol. The van der Waals surface area contributed by atoms with Crippen LogP contribution in [0.15, 0.2) is 58.9 Å². The van der Waals surface area contributed by atoms with E-state index in [0.717, 1.165) is 12.5 Å². The standard InChI is InChI=1S/C28H28F2N4O4S/c1-6-22-34-27(4,21-12-28(21,39-22)14-36-5)19-10-17(11-20(29)23(19)30)33-25(35)24-15(2)9-18(13-32-24)38-16(3)26-31-7-8-37-26/h6-11,13,16,21H,1,12,14H2,2-5H3,(H,33,35)/t16-,21?,27+,28-/m0/s1. The summed E-state index contributed by atoms with van der Waals surface area (Å²) in [5.41, 5.74) is -0.252. The summed E-state index contributed by atoms with van der Waals surface area (Å²) in [6, 6.07) is 4.06. The minimum Gasteiger partial charge on any atom is -0.479 e. The number of hydrogen-bond acceptors (Lipinski definition) is 8. The van der Waals surface area contributed by atoms with Crippen LogP contribution in [0.4, 0.5) is 14.5 Å². The Morgan fingerprint density at radius 1 is 1.36 bits per heavy atom. The second-order valence-electron chi connectivity index (χ2n) is 9.90. The quantitative estimate of drug-likeness (QED) is 0.346. The summed E-state index contributed by atoms with van der Waals surface area (Å²) in [7, 11) is 1.61. The molecule has 11 heteroatoms. The fourth-order valence-corrected chi connectivity index (χ4v) is 6.71. The monoisotopic (exact) mass is 554 g/mol. The van der Waals surface area contributed by atoms with Gasteiger partial charge in [0, 0.05) is 30.3 Å². The van der Waals surface area contributed by atoms with Gasteiger partial charge in [0.25, 0.3) is 5.91 Å². The van der Waals surface area contributed by atoms with E-state index in [-0.39, 0.29) is 27.6 Å². The number of halogens is 2. The number of benzene rings is 1. The first-order valence-corrected chi connectivity index (χ1v) is 13.2. The van der Waals surface area contributed by atoms with Gasteiger partial charge in [0.15, 0.2) is 17.7 Å². The maximum Gasteiger partial charge on any atom is 0.274 e. The minimum atomic E-state index is -1.08.